The SMILES string of the molecule is COc1cc(F)cc2c(O[C@@H]3C[C@H]4C(=O)C[C@]5(C(=O)NS(=O)(=O)C6(CF)CC6)C[C@H]5/C=C\CC[C@H](C)C[C@@H](C)[C@H](CC(=O)OC(C)(C)C(C)(F)F)C(=O)N4C3)nccc12. The molecule has 0 unspecified atom stereocenters. The van der Waals surface area contributed by atoms with Crippen LogP contribution < -0.4 is 14.2 Å². The third-order valence-electron chi connectivity index (χ3n) is 12.9. The Morgan fingerprint density at radius 3 is 2.44 bits per heavy atom. The van der Waals surface area contributed by atoms with Gasteiger partial charge in [0.25, 0.3) is 5.92 Å². The summed E-state index contributed by atoms with van der Waals surface area (Å²) in [4.78, 5) is 62.5. The number of nitrogens with one attached hydrogen (secondary N) is 1. The summed E-state index contributed by atoms with van der Waals surface area (Å²) in [6.07, 6.45) is 4.92. The Hall–Kier alpha value is -4.28. The predicted molar refractivity (Wildman–Crippen MR) is 208 cm³/mol. The van der Waals surface area contributed by atoms with Crippen LogP contribution in [0.5, 0.6) is 11.6 Å². The van der Waals surface area contributed by atoms with E-state index in [4.69, 9.17) is 14.2 Å². The van der Waals surface area contributed by atoms with Gasteiger partial charge < -0.3 is 19.1 Å². The van der Waals surface area contributed by atoms with Crippen molar-refractivity contribution < 1.29 is 59.4 Å². The predicted octanol–water partition coefficient (Wildman–Crippen LogP) is 6.64. The van der Waals surface area contributed by atoms with E-state index in [9.17, 15) is 45.2 Å². The molecular formula is C42H53F4N3O9S. The molecule has 4 aliphatic rings. The van der Waals surface area contributed by atoms with Gasteiger partial charge in [0.15, 0.2) is 11.4 Å². The molecule has 3 heterocycles. The zero-order valence-corrected chi connectivity index (χ0v) is 35.0. The van der Waals surface area contributed by atoms with Gasteiger partial charge >= 0.3 is 5.97 Å². The number of ketones is 1. The third-order valence-corrected chi connectivity index (χ3v) is 15.0. The molecule has 1 aromatic heterocycles. The first-order valence-electron chi connectivity index (χ1n) is 20.1. The third kappa shape index (κ3) is 8.95. The van der Waals surface area contributed by atoms with Crippen LogP contribution in [0.1, 0.15) is 92.4 Å². The second-order valence-corrected chi connectivity index (χ2v) is 19.7. The number of alkyl halides is 3. The van der Waals surface area contributed by atoms with Crippen LogP contribution in [0.3, 0.4) is 0 Å². The Balaban J connectivity index is 1.37. The molecule has 1 N–H and O–H groups in total. The monoisotopic (exact) mass is 851 g/mol. The van der Waals surface area contributed by atoms with Crippen LogP contribution in [-0.4, -0.2) is 90.6 Å². The lowest BCUT2D eigenvalue weighted by Gasteiger charge is -2.34. The Bertz CT molecular complexity index is 2120. The van der Waals surface area contributed by atoms with Crippen molar-refractivity contribution in [1.82, 2.24) is 14.6 Å². The molecule has 59 heavy (non-hydrogen) atoms. The van der Waals surface area contributed by atoms with Crippen LogP contribution in [0.25, 0.3) is 10.8 Å². The van der Waals surface area contributed by atoms with E-state index in [0.29, 0.717) is 31.6 Å². The van der Waals surface area contributed by atoms with Gasteiger partial charge in [0.05, 0.1) is 42.8 Å². The molecule has 0 radical (unpaired) electrons. The lowest BCUT2D eigenvalue weighted by atomic mass is 9.82. The van der Waals surface area contributed by atoms with Crippen LogP contribution in [0.15, 0.2) is 36.5 Å². The topological polar surface area (TPSA) is 158 Å². The second kappa shape index (κ2) is 16.3. The first kappa shape index (κ1) is 44.3. The number of hydrogen-bond acceptors (Lipinski definition) is 10. The van der Waals surface area contributed by atoms with Crippen molar-refractivity contribution in [3.05, 3.63) is 42.4 Å². The number of methoxy groups -OCH3 is 1. The number of esters is 1. The Morgan fingerprint density at radius 1 is 1.08 bits per heavy atom. The molecule has 7 atom stereocenters. The summed E-state index contributed by atoms with van der Waals surface area (Å²) in [5.74, 6) is -9.12. The van der Waals surface area contributed by atoms with Gasteiger partial charge in [-0.2, -0.15) is 0 Å². The smallest absolute Gasteiger partial charge is 0.307 e. The molecule has 2 saturated carbocycles. The van der Waals surface area contributed by atoms with Crippen LogP contribution in [-0.2, 0) is 33.9 Å². The highest BCUT2D eigenvalue weighted by molar-refractivity contribution is 7.91. The number of benzene rings is 1. The maximum atomic E-state index is 14.9. The molecule has 2 amide bonds. The summed E-state index contributed by atoms with van der Waals surface area (Å²) in [7, 11) is -3.04. The summed E-state index contributed by atoms with van der Waals surface area (Å²) >= 11 is 0. The Morgan fingerprint density at radius 2 is 1.80 bits per heavy atom. The molecule has 2 aliphatic heterocycles. The Kier molecular flexibility index (Phi) is 12.2. The van der Waals surface area contributed by atoms with Crippen molar-refractivity contribution in [3.8, 4) is 11.6 Å². The largest absolute Gasteiger partial charge is 0.496 e. The maximum absolute atomic E-state index is 14.9. The number of sulfonamides is 1. The van der Waals surface area contributed by atoms with Crippen LogP contribution in [0, 0.1) is 34.9 Å². The molecule has 1 aromatic carbocycles. The number of Topliss-reactive ketones (excluding diaryl/α,β-unsaturated/α-hetero) is 1. The first-order chi connectivity index (χ1) is 27.6. The van der Waals surface area contributed by atoms with Crippen LogP contribution in [0.2, 0.25) is 0 Å². The Labute approximate surface area is 341 Å². The molecule has 3 fully saturated rings. The number of allylic oxidation sites excluding steroid dienone is 2. The minimum atomic E-state index is -4.42. The van der Waals surface area contributed by atoms with Crippen molar-refractivity contribution in [2.45, 2.75) is 121 Å². The van der Waals surface area contributed by atoms with E-state index < -0.39 is 111 Å². The lowest BCUT2D eigenvalue weighted by Crippen LogP contribution is -2.49. The number of nitrogens with zero attached hydrogens (tertiary/aromatic N) is 2. The minimum Gasteiger partial charge on any atom is -0.496 e. The van der Waals surface area contributed by atoms with Crippen molar-refractivity contribution in [2.24, 2.45) is 29.1 Å². The zero-order chi connectivity index (χ0) is 43.3. The standard InChI is InChI=1S/C42H53F4N3O9S/c1-24-9-7-8-10-26-20-42(26,38(53)48-59(54,55)41(23-43)12-13-41)21-33(50)32-18-28(57-36-31-16-27(44)17-34(56-6)29(31)11-14-47-36)22-49(32)37(52)30(25(2)15-24)19-35(51)58-39(3,4)40(5,45)46/h8,10-11,14,16-17,24-26,28,30,32H,7,9,12-13,15,18-23H2,1-6H3,(H,48,53)/b10-8-/t24-,25+,26+,28+,30-,32-,42+/m0/s1. The normalized spacial score (nSPS) is 29.4. The van der Waals surface area contributed by atoms with Crippen molar-refractivity contribution in [2.75, 3.05) is 20.3 Å². The molecule has 2 aromatic rings. The molecule has 0 spiro atoms. The van der Waals surface area contributed by atoms with Gasteiger partial charge in [-0.05, 0) is 82.3 Å². The molecule has 17 heteroatoms. The van der Waals surface area contributed by atoms with Crippen molar-refractivity contribution in [1.29, 1.82) is 0 Å². The van der Waals surface area contributed by atoms with E-state index in [1.807, 2.05) is 13.0 Å². The van der Waals surface area contributed by atoms with Crippen molar-refractivity contribution >= 4 is 44.4 Å². The maximum Gasteiger partial charge on any atom is 0.307 e. The number of aromatic nitrogens is 1. The molecule has 1 saturated heterocycles. The number of carbonyl (C=O) groups excluding carboxylic acids is 4. The van der Waals surface area contributed by atoms with Gasteiger partial charge in [0, 0.05) is 37.4 Å². The number of fused-ring (bicyclic) bond motifs is 3. The van der Waals surface area contributed by atoms with Gasteiger partial charge in [-0.3, -0.25) is 23.9 Å². The van der Waals surface area contributed by atoms with Crippen molar-refractivity contribution in [3.63, 3.8) is 0 Å². The van der Waals surface area contributed by atoms with Gasteiger partial charge in [-0.1, -0.05) is 26.0 Å². The van der Waals surface area contributed by atoms with E-state index in [2.05, 4.69) is 9.71 Å². The fraction of sp³-hybridized carbons (Fsp3) is 0.643. The zero-order valence-electron chi connectivity index (χ0n) is 34.2. The van der Waals surface area contributed by atoms with E-state index >= 15 is 0 Å². The van der Waals surface area contributed by atoms with Gasteiger partial charge in [0.1, 0.15) is 29.1 Å². The van der Waals surface area contributed by atoms with E-state index in [0.717, 1.165) is 13.8 Å². The fourth-order valence-corrected chi connectivity index (χ4v) is 9.89. The molecular weight excluding hydrogens is 799 g/mol. The molecule has 0 bridgehead atoms. The van der Waals surface area contributed by atoms with Crippen LogP contribution >= 0.6 is 0 Å². The summed E-state index contributed by atoms with van der Waals surface area (Å²) < 4.78 is 101. The van der Waals surface area contributed by atoms with E-state index in [1.54, 1.807) is 19.1 Å². The number of amides is 2. The lowest BCUT2D eigenvalue weighted by molar-refractivity contribution is -0.197. The number of hydrogen-bond donors (Lipinski definition) is 1. The summed E-state index contributed by atoms with van der Waals surface area (Å²) in [5, 5.41) is 0.744. The summed E-state index contributed by atoms with van der Waals surface area (Å²) in [6.45, 7) is 5.16. The van der Waals surface area contributed by atoms with E-state index in [-0.39, 0.29) is 55.2 Å². The molecule has 2 aliphatic carbocycles. The summed E-state index contributed by atoms with van der Waals surface area (Å²) in [5.41, 5.74) is -3.70. The number of halogens is 4. The number of pyridine rings is 1. The highest BCUT2D eigenvalue weighted by Crippen LogP contribution is 2.58. The van der Waals surface area contributed by atoms with Gasteiger partial charge in [0.2, 0.25) is 27.7 Å². The number of carbonyl (C=O) groups is 4. The average molecular weight is 852 g/mol. The molecule has 12 nitrogen and oxygen atoms in total. The molecule has 324 valence electrons. The quantitative estimate of drug-likeness (QED) is 0.148. The number of ether oxygens (including phenoxy) is 3. The van der Waals surface area contributed by atoms with Crippen LogP contribution in [0.4, 0.5) is 17.6 Å². The minimum absolute atomic E-state index is 0.00620. The number of rotatable bonds is 11. The fourth-order valence-electron chi connectivity index (χ4n) is 8.45. The van der Waals surface area contributed by atoms with E-state index in [1.165, 1.54) is 30.3 Å². The van der Waals surface area contributed by atoms with Gasteiger partial charge in [-0.25, -0.2) is 31.0 Å². The highest BCUT2D eigenvalue weighted by atomic mass is 32.2. The summed E-state index contributed by atoms with van der Waals surface area (Å²) in [6, 6.07) is 2.77. The first-order valence-corrected chi connectivity index (χ1v) is 21.6. The second-order valence-electron chi connectivity index (χ2n) is 17.7. The van der Waals surface area contributed by atoms with Gasteiger partial charge in [-0.15, -0.1) is 0 Å². The average Bonchev–Trinajstić information content (AvgIpc) is 4.06. The molecule has 6 rings (SSSR count). The highest BCUT2D eigenvalue weighted by Gasteiger charge is 2.63.